The molecule has 60 valence electrons. The molecule has 0 saturated carbocycles. The summed E-state index contributed by atoms with van der Waals surface area (Å²) in [7, 11) is 2.29. The Morgan fingerprint density at radius 2 is 1.40 bits per heavy atom. The largest absolute Gasteiger partial charge is 0.102 e. The third kappa shape index (κ3) is 1.77. The van der Waals surface area contributed by atoms with Crippen LogP contribution in [0.25, 0.3) is 0 Å². The van der Waals surface area contributed by atoms with Gasteiger partial charge >= 0.3 is 0 Å². The van der Waals surface area contributed by atoms with Gasteiger partial charge < -0.3 is 0 Å². The van der Waals surface area contributed by atoms with Gasteiger partial charge in [-0.15, -0.1) is 0 Å². The van der Waals surface area contributed by atoms with Crippen LogP contribution in [0.4, 0.5) is 0 Å². The second-order valence-electron chi connectivity index (χ2n) is 4.17. The second-order valence-corrected chi connectivity index (χ2v) is 4.17. The molecule has 0 saturated heterocycles. The lowest BCUT2D eigenvalue weighted by Gasteiger charge is -2.37. The van der Waals surface area contributed by atoms with Gasteiger partial charge in [-0.25, -0.2) is 0 Å². The average molecular weight is 140 g/mol. The normalized spacial score (nSPS) is 13.1. The van der Waals surface area contributed by atoms with E-state index in [1.807, 2.05) is 0 Å². The van der Waals surface area contributed by atoms with Crippen molar-refractivity contribution in [1.82, 2.24) is 0 Å². The maximum Gasteiger partial charge on any atom is 0.102 e. The minimum atomic E-state index is 0.542. The molecule has 0 spiro atoms. The number of hydrogen-bond acceptors (Lipinski definition) is 0. The molecule has 0 N–H and O–H groups in total. The molecular weight excluding hydrogens is 119 g/mol. The SMILES string of the molecule is BCC(C)(C(C)C)C(C)C. The molecule has 1 heteroatoms. The Morgan fingerprint density at radius 3 is 1.40 bits per heavy atom. The van der Waals surface area contributed by atoms with E-state index in [9.17, 15) is 0 Å². The van der Waals surface area contributed by atoms with Gasteiger partial charge in [0.05, 0.1) is 0 Å². The Kier molecular flexibility index (Phi) is 3.48. The van der Waals surface area contributed by atoms with E-state index in [0.29, 0.717) is 5.41 Å². The summed E-state index contributed by atoms with van der Waals surface area (Å²) in [5, 5.41) is 0. The van der Waals surface area contributed by atoms with Crippen LogP contribution in [-0.2, 0) is 0 Å². The first kappa shape index (κ1) is 10.1. The predicted octanol–water partition coefficient (Wildman–Crippen LogP) is 2.36. The fourth-order valence-corrected chi connectivity index (χ4v) is 1.48. The van der Waals surface area contributed by atoms with Gasteiger partial charge in [0.15, 0.2) is 0 Å². The highest BCUT2D eigenvalue weighted by Crippen LogP contribution is 2.37. The molecule has 0 amide bonds. The molecule has 0 unspecified atom stereocenters. The van der Waals surface area contributed by atoms with Crippen LogP contribution in [0.5, 0.6) is 0 Å². The van der Waals surface area contributed by atoms with Crippen molar-refractivity contribution in [3.63, 3.8) is 0 Å². The van der Waals surface area contributed by atoms with Gasteiger partial charge in [-0.1, -0.05) is 40.9 Å². The molecule has 10 heavy (non-hydrogen) atoms. The van der Waals surface area contributed by atoms with Crippen molar-refractivity contribution in [2.24, 2.45) is 17.3 Å². The Balaban J connectivity index is 4.23. The zero-order valence-corrected chi connectivity index (χ0v) is 8.36. The third-order valence-electron chi connectivity index (χ3n) is 3.40. The quantitative estimate of drug-likeness (QED) is 0.528. The van der Waals surface area contributed by atoms with Crippen LogP contribution >= 0.6 is 0 Å². The minimum absolute atomic E-state index is 0.542. The summed E-state index contributed by atoms with van der Waals surface area (Å²) in [5.74, 6) is 1.61. The van der Waals surface area contributed by atoms with E-state index >= 15 is 0 Å². The van der Waals surface area contributed by atoms with Crippen LogP contribution in [0.3, 0.4) is 0 Å². The van der Waals surface area contributed by atoms with Crippen molar-refractivity contribution < 1.29 is 0 Å². The molecule has 0 heterocycles. The van der Waals surface area contributed by atoms with Crippen LogP contribution < -0.4 is 0 Å². The maximum atomic E-state index is 2.39. The number of rotatable bonds is 3. The molecule has 0 fully saturated rings. The smallest absolute Gasteiger partial charge is 0.0753 e. The first-order chi connectivity index (χ1) is 4.45. The lowest BCUT2D eigenvalue weighted by atomic mass is 9.64. The molecular formula is C9H21B. The Hall–Kier alpha value is 0.0649. The van der Waals surface area contributed by atoms with Crippen molar-refractivity contribution >= 4 is 7.85 Å². The summed E-state index contributed by atoms with van der Waals surface area (Å²) in [6, 6.07) is 0. The molecule has 0 aromatic heterocycles. The van der Waals surface area contributed by atoms with E-state index in [4.69, 9.17) is 0 Å². The fourth-order valence-electron chi connectivity index (χ4n) is 1.48. The molecule has 0 atom stereocenters. The average Bonchev–Trinajstić information content (AvgIpc) is 1.85. The molecule has 0 rings (SSSR count). The summed E-state index contributed by atoms with van der Waals surface area (Å²) in [5.41, 5.74) is 0.542. The molecule has 0 aromatic carbocycles. The molecule has 0 nitrogen and oxygen atoms in total. The summed E-state index contributed by atoms with van der Waals surface area (Å²) >= 11 is 0. The summed E-state index contributed by atoms with van der Waals surface area (Å²) in [6.07, 6.45) is 1.29. The van der Waals surface area contributed by atoms with Crippen LogP contribution in [0.1, 0.15) is 34.6 Å². The highest BCUT2D eigenvalue weighted by molar-refractivity contribution is 6.09. The predicted molar refractivity (Wildman–Crippen MR) is 51.1 cm³/mol. The van der Waals surface area contributed by atoms with Crippen LogP contribution in [0.2, 0.25) is 6.32 Å². The standard InChI is InChI=1S/C9H21B/c1-7(2)9(5,6-10)8(3)4/h7-8H,6,10H2,1-5H3. The van der Waals surface area contributed by atoms with Gasteiger partial charge in [0.25, 0.3) is 0 Å². The first-order valence-electron chi connectivity index (χ1n) is 4.45. The van der Waals surface area contributed by atoms with Gasteiger partial charge in [0, 0.05) is 0 Å². The van der Waals surface area contributed by atoms with Gasteiger partial charge in [-0.05, 0) is 17.3 Å². The molecule has 0 aliphatic rings. The maximum absolute atomic E-state index is 2.39. The van der Waals surface area contributed by atoms with Crippen molar-refractivity contribution in [3.8, 4) is 0 Å². The van der Waals surface area contributed by atoms with E-state index < -0.39 is 0 Å². The topological polar surface area (TPSA) is 0 Å². The van der Waals surface area contributed by atoms with Gasteiger partial charge in [-0.3, -0.25) is 0 Å². The Bertz CT molecular complexity index is 86.9. The van der Waals surface area contributed by atoms with E-state index in [1.54, 1.807) is 0 Å². The van der Waals surface area contributed by atoms with Crippen LogP contribution in [-0.4, -0.2) is 7.85 Å². The molecule has 0 radical (unpaired) electrons. The Morgan fingerprint density at radius 1 is 1.10 bits per heavy atom. The second kappa shape index (κ2) is 3.45. The van der Waals surface area contributed by atoms with Gasteiger partial charge in [-0.2, -0.15) is 0 Å². The summed E-state index contributed by atoms with van der Waals surface area (Å²) in [6.45, 7) is 11.7. The lowest BCUT2D eigenvalue weighted by Crippen LogP contribution is -2.28. The van der Waals surface area contributed by atoms with E-state index in [-0.39, 0.29) is 0 Å². The van der Waals surface area contributed by atoms with Crippen molar-refractivity contribution in [1.29, 1.82) is 0 Å². The first-order valence-corrected chi connectivity index (χ1v) is 4.45. The van der Waals surface area contributed by atoms with Crippen molar-refractivity contribution in [2.45, 2.75) is 40.9 Å². The number of hydrogen-bond donors (Lipinski definition) is 0. The highest BCUT2D eigenvalue weighted by atomic mass is 14.3. The zero-order valence-electron chi connectivity index (χ0n) is 8.36. The van der Waals surface area contributed by atoms with Crippen molar-refractivity contribution in [3.05, 3.63) is 0 Å². The fraction of sp³-hybridized carbons (Fsp3) is 1.00. The van der Waals surface area contributed by atoms with Gasteiger partial charge in [0.1, 0.15) is 7.85 Å². The molecule has 0 aliphatic carbocycles. The van der Waals surface area contributed by atoms with E-state index in [2.05, 4.69) is 42.5 Å². The minimum Gasteiger partial charge on any atom is -0.0753 e. The lowest BCUT2D eigenvalue weighted by molar-refractivity contribution is 0.166. The summed E-state index contributed by atoms with van der Waals surface area (Å²) in [4.78, 5) is 0. The molecule has 0 aromatic rings. The molecule has 0 bridgehead atoms. The van der Waals surface area contributed by atoms with Gasteiger partial charge in [0.2, 0.25) is 0 Å². The monoisotopic (exact) mass is 140 g/mol. The van der Waals surface area contributed by atoms with Crippen LogP contribution in [0, 0.1) is 17.3 Å². The highest BCUT2D eigenvalue weighted by Gasteiger charge is 2.29. The van der Waals surface area contributed by atoms with E-state index in [0.717, 1.165) is 11.8 Å². The van der Waals surface area contributed by atoms with Crippen LogP contribution in [0.15, 0.2) is 0 Å². The third-order valence-corrected chi connectivity index (χ3v) is 3.40. The Labute approximate surface area is 66.8 Å². The molecule has 0 aliphatic heterocycles. The summed E-state index contributed by atoms with van der Waals surface area (Å²) < 4.78 is 0. The van der Waals surface area contributed by atoms with Crippen molar-refractivity contribution in [2.75, 3.05) is 0 Å². The van der Waals surface area contributed by atoms with E-state index in [1.165, 1.54) is 6.32 Å². The zero-order chi connectivity index (χ0) is 8.36.